The van der Waals surface area contributed by atoms with Crippen LogP contribution < -0.4 is 11.1 Å². The lowest BCUT2D eigenvalue weighted by molar-refractivity contribution is -0.137. The standard InChI is InChI=1S/C8H15N3OS/c1-6(9)7(12)11-4-8(5-11)10-2-3-13-8/h6,10H,2-5,9H2,1H3. The quantitative estimate of drug-likeness (QED) is 0.583. The molecule has 1 spiro atoms. The van der Waals surface area contributed by atoms with Crippen LogP contribution in [0.1, 0.15) is 6.92 Å². The zero-order valence-corrected chi connectivity index (χ0v) is 8.56. The zero-order valence-electron chi connectivity index (χ0n) is 7.75. The molecule has 1 unspecified atom stereocenters. The highest BCUT2D eigenvalue weighted by Crippen LogP contribution is 2.36. The number of rotatable bonds is 1. The van der Waals surface area contributed by atoms with Gasteiger partial charge in [0.05, 0.1) is 19.1 Å². The van der Waals surface area contributed by atoms with Crippen LogP contribution in [0, 0.1) is 0 Å². The minimum atomic E-state index is -0.358. The third-order valence-electron chi connectivity index (χ3n) is 2.52. The molecule has 2 saturated heterocycles. The molecule has 2 aliphatic heterocycles. The highest BCUT2D eigenvalue weighted by Gasteiger charge is 2.47. The maximum atomic E-state index is 11.4. The van der Waals surface area contributed by atoms with E-state index < -0.39 is 0 Å². The zero-order chi connectivity index (χ0) is 9.47. The number of likely N-dealkylation sites (tertiary alicyclic amines) is 1. The van der Waals surface area contributed by atoms with Crippen molar-refractivity contribution in [2.24, 2.45) is 5.73 Å². The van der Waals surface area contributed by atoms with Crippen LogP contribution in [0.5, 0.6) is 0 Å². The van der Waals surface area contributed by atoms with Crippen LogP contribution in [0.25, 0.3) is 0 Å². The molecule has 2 aliphatic rings. The maximum Gasteiger partial charge on any atom is 0.239 e. The van der Waals surface area contributed by atoms with Gasteiger partial charge in [-0.05, 0) is 6.92 Å². The fourth-order valence-electron chi connectivity index (χ4n) is 1.79. The molecular formula is C8H15N3OS. The lowest BCUT2D eigenvalue weighted by Crippen LogP contribution is -2.68. The Morgan fingerprint density at radius 1 is 1.69 bits per heavy atom. The smallest absolute Gasteiger partial charge is 0.239 e. The first-order valence-corrected chi connectivity index (χ1v) is 5.55. The fourth-order valence-corrected chi connectivity index (χ4v) is 3.09. The summed E-state index contributed by atoms with van der Waals surface area (Å²) in [5.74, 6) is 1.22. The van der Waals surface area contributed by atoms with Gasteiger partial charge in [0.1, 0.15) is 4.87 Å². The van der Waals surface area contributed by atoms with Gasteiger partial charge in [-0.25, -0.2) is 0 Å². The average molecular weight is 201 g/mol. The van der Waals surface area contributed by atoms with E-state index in [2.05, 4.69) is 5.32 Å². The predicted octanol–water partition coefficient (Wildman–Crippen LogP) is -0.791. The SMILES string of the molecule is CC(N)C(=O)N1CC2(C1)NCCS2. The van der Waals surface area contributed by atoms with Crippen molar-refractivity contribution in [2.45, 2.75) is 17.8 Å². The molecule has 2 fully saturated rings. The summed E-state index contributed by atoms with van der Waals surface area (Å²) in [4.78, 5) is 13.4. The van der Waals surface area contributed by atoms with E-state index in [9.17, 15) is 4.79 Å². The van der Waals surface area contributed by atoms with Gasteiger partial charge in [-0.2, -0.15) is 0 Å². The molecular weight excluding hydrogens is 186 g/mol. The van der Waals surface area contributed by atoms with E-state index in [1.807, 2.05) is 16.7 Å². The average Bonchev–Trinajstić information content (AvgIpc) is 2.47. The van der Waals surface area contributed by atoms with Gasteiger partial charge in [-0.1, -0.05) is 0 Å². The minimum Gasteiger partial charge on any atom is -0.336 e. The highest BCUT2D eigenvalue weighted by molar-refractivity contribution is 8.01. The number of hydrogen-bond acceptors (Lipinski definition) is 4. The molecule has 1 amide bonds. The van der Waals surface area contributed by atoms with Gasteiger partial charge in [-0.3, -0.25) is 10.1 Å². The summed E-state index contributed by atoms with van der Waals surface area (Å²) in [6.45, 7) is 4.43. The lowest BCUT2D eigenvalue weighted by atomic mass is 10.1. The van der Waals surface area contributed by atoms with Gasteiger partial charge in [0.25, 0.3) is 0 Å². The van der Waals surface area contributed by atoms with E-state index in [0.29, 0.717) is 0 Å². The molecule has 4 nitrogen and oxygen atoms in total. The number of amides is 1. The van der Waals surface area contributed by atoms with Crippen LogP contribution in [0.4, 0.5) is 0 Å². The summed E-state index contributed by atoms with van der Waals surface area (Å²) in [6, 6.07) is -0.358. The Morgan fingerprint density at radius 3 is 2.85 bits per heavy atom. The van der Waals surface area contributed by atoms with Gasteiger partial charge < -0.3 is 10.6 Å². The third-order valence-corrected chi connectivity index (χ3v) is 3.88. The molecule has 3 N–H and O–H groups in total. The topological polar surface area (TPSA) is 58.4 Å². The van der Waals surface area contributed by atoms with Gasteiger partial charge >= 0.3 is 0 Å². The number of nitrogens with zero attached hydrogens (tertiary/aromatic N) is 1. The first-order chi connectivity index (χ1) is 6.13. The monoisotopic (exact) mass is 201 g/mol. The Balaban J connectivity index is 1.87. The number of nitrogens with one attached hydrogen (secondary N) is 1. The van der Waals surface area contributed by atoms with E-state index in [-0.39, 0.29) is 16.8 Å². The van der Waals surface area contributed by atoms with Crippen molar-refractivity contribution in [1.82, 2.24) is 10.2 Å². The van der Waals surface area contributed by atoms with Crippen LogP contribution in [0.2, 0.25) is 0 Å². The summed E-state index contributed by atoms with van der Waals surface area (Å²) in [7, 11) is 0. The lowest BCUT2D eigenvalue weighted by Gasteiger charge is -2.47. The number of nitrogens with two attached hydrogens (primary N) is 1. The Bertz CT molecular complexity index is 217. The van der Waals surface area contributed by atoms with Crippen molar-refractivity contribution in [3.05, 3.63) is 0 Å². The molecule has 2 heterocycles. The summed E-state index contributed by atoms with van der Waals surface area (Å²) < 4.78 is 0. The number of hydrogen-bond donors (Lipinski definition) is 2. The largest absolute Gasteiger partial charge is 0.336 e. The number of thioether (sulfide) groups is 1. The Hall–Kier alpha value is -0.260. The molecule has 0 saturated carbocycles. The Morgan fingerprint density at radius 2 is 2.38 bits per heavy atom. The minimum absolute atomic E-state index is 0.0694. The molecule has 2 rings (SSSR count). The van der Waals surface area contributed by atoms with Crippen molar-refractivity contribution < 1.29 is 4.79 Å². The summed E-state index contributed by atoms with van der Waals surface area (Å²) in [6.07, 6.45) is 0. The maximum absolute atomic E-state index is 11.4. The van der Waals surface area contributed by atoms with Crippen molar-refractivity contribution in [3.8, 4) is 0 Å². The van der Waals surface area contributed by atoms with Crippen molar-refractivity contribution >= 4 is 17.7 Å². The molecule has 0 aromatic carbocycles. The number of carbonyl (C=O) groups excluding carboxylic acids is 1. The summed E-state index contributed by atoms with van der Waals surface area (Å²) >= 11 is 1.92. The molecule has 0 bridgehead atoms. The van der Waals surface area contributed by atoms with Crippen LogP contribution in [-0.2, 0) is 4.79 Å². The van der Waals surface area contributed by atoms with Crippen LogP contribution in [0.15, 0.2) is 0 Å². The van der Waals surface area contributed by atoms with Gasteiger partial charge in [0, 0.05) is 12.3 Å². The molecule has 0 radical (unpaired) electrons. The van der Waals surface area contributed by atoms with Gasteiger partial charge in [-0.15, -0.1) is 11.8 Å². The molecule has 0 aliphatic carbocycles. The Labute approximate surface area is 82.2 Å². The summed E-state index contributed by atoms with van der Waals surface area (Å²) in [5.41, 5.74) is 5.51. The van der Waals surface area contributed by atoms with E-state index in [1.165, 1.54) is 0 Å². The second-order valence-electron chi connectivity index (χ2n) is 3.75. The third kappa shape index (κ3) is 1.56. The predicted molar refractivity (Wildman–Crippen MR) is 53.4 cm³/mol. The normalized spacial score (nSPS) is 27.4. The van der Waals surface area contributed by atoms with E-state index in [4.69, 9.17) is 5.73 Å². The molecule has 5 heteroatoms. The Kier molecular flexibility index (Phi) is 2.25. The first-order valence-electron chi connectivity index (χ1n) is 4.56. The van der Waals surface area contributed by atoms with Crippen molar-refractivity contribution in [2.75, 3.05) is 25.4 Å². The fraction of sp³-hybridized carbons (Fsp3) is 0.875. The molecule has 0 aromatic rings. The van der Waals surface area contributed by atoms with E-state index in [0.717, 1.165) is 25.4 Å². The van der Waals surface area contributed by atoms with Crippen LogP contribution in [-0.4, -0.2) is 47.1 Å². The van der Waals surface area contributed by atoms with Crippen LogP contribution in [0.3, 0.4) is 0 Å². The van der Waals surface area contributed by atoms with E-state index >= 15 is 0 Å². The highest BCUT2D eigenvalue weighted by atomic mass is 32.2. The molecule has 0 aromatic heterocycles. The van der Waals surface area contributed by atoms with Gasteiger partial charge in [0.15, 0.2) is 0 Å². The van der Waals surface area contributed by atoms with E-state index in [1.54, 1.807) is 6.92 Å². The first kappa shape index (κ1) is 9.30. The second-order valence-corrected chi connectivity index (χ2v) is 5.23. The summed E-state index contributed by atoms with van der Waals surface area (Å²) in [5, 5.41) is 3.42. The van der Waals surface area contributed by atoms with Gasteiger partial charge in [0.2, 0.25) is 5.91 Å². The van der Waals surface area contributed by atoms with Crippen molar-refractivity contribution in [1.29, 1.82) is 0 Å². The molecule has 74 valence electrons. The van der Waals surface area contributed by atoms with Crippen LogP contribution >= 0.6 is 11.8 Å². The molecule has 1 atom stereocenters. The molecule has 13 heavy (non-hydrogen) atoms. The van der Waals surface area contributed by atoms with Crippen molar-refractivity contribution in [3.63, 3.8) is 0 Å². The second kappa shape index (κ2) is 3.15. The number of carbonyl (C=O) groups is 1.